The van der Waals surface area contributed by atoms with Gasteiger partial charge in [0.05, 0.1) is 6.54 Å². The largest absolute Gasteiger partial charge is 0.461 e. The molecule has 1 aromatic carbocycles. The Kier molecular flexibility index (Phi) is 5.31. The molecule has 0 aliphatic carbocycles. The van der Waals surface area contributed by atoms with Gasteiger partial charge in [-0.25, -0.2) is 0 Å². The van der Waals surface area contributed by atoms with Crippen molar-refractivity contribution in [1.82, 2.24) is 10.2 Å². The van der Waals surface area contributed by atoms with Crippen molar-refractivity contribution in [3.05, 3.63) is 48.2 Å². The van der Waals surface area contributed by atoms with Crippen LogP contribution in [0.2, 0.25) is 0 Å². The molecule has 5 nitrogen and oxygen atoms in total. The highest BCUT2D eigenvalue weighted by molar-refractivity contribution is 5.84. The van der Waals surface area contributed by atoms with E-state index < -0.39 is 0 Å². The minimum absolute atomic E-state index is 0.00483. The van der Waals surface area contributed by atoms with E-state index >= 15 is 0 Å². The molecule has 1 saturated heterocycles. The van der Waals surface area contributed by atoms with E-state index in [0.29, 0.717) is 12.8 Å². The van der Waals surface area contributed by atoms with Crippen LogP contribution in [0.15, 0.2) is 46.9 Å². The number of rotatable bonds is 6. The number of carbonyl (C=O) groups is 2. The summed E-state index contributed by atoms with van der Waals surface area (Å²) in [5.41, 5.74) is 1.02. The Morgan fingerprint density at radius 1 is 1.04 bits per heavy atom. The van der Waals surface area contributed by atoms with Gasteiger partial charge in [0.25, 0.3) is 0 Å². The summed E-state index contributed by atoms with van der Waals surface area (Å²) in [7, 11) is 0. The van der Waals surface area contributed by atoms with Gasteiger partial charge >= 0.3 is 0 Å². The molecule has 3 rings (SSSR count). The number of aryl methyl sites for hydroxylation is 1. The van der Waals surface area contributed by atoms with Crippen molar-refractivity contribution in [1.29, 1.82) is 0 Å². The maximum Gasteiger partial charge on any atom is 0.241 e. The number of hydrogen-bond donors (Lipinski definition) is 1. The molecule has 0 saturated carbocycles. The number of nitrogens with zero attached hydrogens (tertiary/aromatic N) is 1. The number of likely N-dealkylation sites (tertiary alicyclic amines) is 1. The maximum absolute atomic E-state index is 11.9. The standard InChI is InChI=1S/C19H22N2O3/c22-18(20-14-19(23)21-12-4-5-13-21)11-9-16-8-10-17(24-16)15-6-2-1-3-7-15/h1-3,6-8,10H,4-5,9,11-14H2,(H,20,22). The fourth-order valence-electron chi connectivity index (χ4n) is 2.85. The number of nitrogens with one attached hydrogen (secondary N) is 1. The summed E-state index contributed by atoms with van der Waals surface area (Å²) in [6, 6.07) is 13.7. The Labute approximate surface area is 141 Å². The number of benzene rings is 1. The van der Waals surface area contributed by atoms with Crippen LogP contribution in [0.4, 0.5) is 0 Å². The van der Waals surface area contributed by atoms with Gasteiger partial charge in [0, 0.05) is 31.5 Å². The predicted octanol–water partition coefficient (Wildman–Crippen LogP) is 2.62. The first-order valence-corrected chi connectivity index (χ1v) is 8.41. The van der Waals surface area contributed by atoms with Crippen LogP contribution in [0.1, 0.15) is 25.0 Å². The van der Waals surface area contributed by atoms with E-state index in [-0.39, 0.29) is 18.4 Å². The Hall–Kier alpha value is -2.56. The van der Waals surface area contributed by atoms with Gasteiger partial charge in [-0.05, 0) is 25.0 Å². The third-order valence-corrected chi connectivity index (χ3v) is 4.21. The zero-order valence-electron chi connectivity index (χ0n) is 13.7. The van der Waals surface area contributed by atoms with E-state index in [1.54, 1.807) is 4.90 Å². The molecule has 2 heterocycles. The average molecular weight is 326 g/mol. The molecule has 1 aliphatic rings. The van der Waals surface area contributed by atoms with E-state index in [2.05, 4.69) is 5.32 Å². The van der Waals surface area contributed by atoms with Crippen molar-refractivity contribution < 1.29 is 14.0 Å². The Morgan fingerprint density at radius 2 is 1.79 bits per heavy atom. The highest BCUT2D eigenvalue weighted by Crippen LogP contribution is 2.22. The lowest BCUT2D eigenvalue weighted by Gasteiger charge is -2.15. The number of hydrogen-bond acceptors (Lipinski definition) is 3. The maximum atomic E-state index is 11.9. The van der Waals surface area contributed by atoms with Crippen molar-refractivity contribution in [2.75, 3.05) is 19.6 Å². The fraction of sp³-hybridized carbons (Fsp3) is 0.368. The molecule has 24 heavy (non-hydrogen) atoms. The predicted molar refractivity (Wildman–Crippen MR) is 91.3 cm³/mol. The van der Waals surface area contributed by atoms with E-state index in [0.717, 1.165) is 43.0 Å². The smallest absolute Gasteiger partial charge is 0.241 e. The van der Waals surface area contributed by atoms with Crippen LogP contribution in [-0.4, -0.2) is 36.3 Å². The molecule has 1 aromatic heterocycles. The second kappa shape index (κ2) is 7.81. The lowest BCUT2D eigenvalue weighted by Crippen LogP contribution is -2.38. The van der Waals surface area contributed by atoms with Gasteiger partial charge in [0.15, 0.2) is 0 Å². The number of amides is 2. The van der Waals surface area contributed by atoms with Crippen LogP contribution < -0.4 is 5.32 Å². The first kappa shape index (κ1) is 16.3. The molecule has 1 N–H and O–H groups in total. The first-order chi connectivity index (χ1) is 11.7. The molecule has 126 valence electrons. The fourth-order valence-corrected chi connectivity index (χ4v) is 2.85. The highest BCUT2D eigenvalue weighted by atomic mass is 16.3. The third kappa shape index (κ3) is 4.25. The van der Waals surface area contributed by atoms with Gasteiger partial charge in [-0.2, -0.15) is 0 Å². The Balaban J connectivity index is 1.43. The minimum atomic E-state index is -0.125. The quantitative estimate of drug-likeness (QED) is 0.887. The van der Waals surface area contributed by atoms with E-state index in [9.17, 15) is 9.59 Å². The summed E-state index contributed by atoms with van der Waals surface area (Å²) in [5, 5.41) is 2.70. The molecule has 1 fully saturated rings. The van der Waals surface area contributed by atoms with Gasteiger partial charge in [-0.15, -0.1) is 0 Å². The van der Waals surface area contributed by atoms with Gasteiger partial charge < -0.3 is 14.6 Å². The first-order valence-electron chi connectivity index (χ1n) is 8.41. The minimum Gasteiger partial charge on any atom is -0.461 e. The van der Waals surface area contributed by atoms with Crippen LogP contribution in [0.5, 0.6) is 0 Å². The van der Waals surface area contributed by atoms with Crippen LogP contribution in [0.3, 0.4) is 0 Å². The normalized spacial score (nSPS) is 13.9. The molecular formula is C19H22N2O3. The van der Waals surface area contributed by atoms with Crippen molar-refractivity contribution in [2.45, 2.75) is 25.7 Å². The molecule has 0 spiro atoms. The second-order valence-corrected chi connectivity index (χ2v) is 6.00. The molecule has 0 radical (unpaired) electrons. The SMILES string of the molecule is O=C(CCc1ccc(-c2ccccc2)o1)NCC(=O)N1CCCC1. The summed E-state index contributed by atoms with van der Waals surface area (Å²) in [4.78, 5) is 25.6. The molecule has 5 heteroatoms. The summed E-state index contributed by atoms with van der Waals surface area (Å²) in [6.07, 6.45) is 2.95. The molecule has 1 aliphatic heterocycles. The summed E-state index contributed by atoms with van der Waals surface area (Å²) in [5.74, 6) is 1.45. The number of furan rings is 1. The number of carbonyl (C=O) groups excluding carboxylic acids is 2. The van der Waals surface area contributed by atoms with Crippen LogP contribution in [-0.2, 0) is 16.0 Å². The topological polar surface area (TPSA) is 62.6 Å². The second-order valence-electron chi connectivity index (χ2n) is 6.00. The van der Waals surface area contributed by atoms with Crippen LogP contribution in [0, 0.1) is 0 Å². The van der Waals surface area contributed by atoms with Crippen molar-refractivity contribution in [2.24, 2.45) is 0 Å². The van der Waals surface area contributed by atoms with Gasteiger partial charge in [-0.1, -0.05) is 30.3 Å². The Morgan fingerprint density at radius 3 is 2.54 bits per heavy atom. The monoisotopic (exact) mass is 326 g/mol. The summed E-state index contributed by atoms with van der Waals surface area (Å²) >= 11 is 0. The van der Waals surface area contributed by atoms with Gasteiger partial charge in [0.1, 0.15) is 11.5 Å². The van der Waals surface area contributed by atoms with Crippen LogP contribution in [0.25, 0.3) is 11.3 Å². The highest BCUT2D eigenvalue weighted by Gasteiger charge is 2.18. The molecule has 0 bridgehead atoms. The Bertz CT molecular complexity index is 688. The summed E-state index contributed by atoms with van der Waals surface area (Å²) < 4.78 is 5.77. The zero-order valence-corrected chi connectivity index (χ0v) is 13.7. The van der Waals surface area contributed by atoms with Crippen LogP contribution >= 0.6 is 0 Å². The molecule has 0 atom stereocenters. The lowest BCUT2D eigenvalue weighted by molar-refractivity contribution is -0.132. The third-order valence-electron chi connectivity index (χ3n) is 4.21. The molecule has 2 aromatic rings. The average Bonchev–Trinajstić information content (AvgIpc) is 3.30. The van der Waals surface area contributed by atoms with E-state index in [4.69, 9.17) is 4.42 Å². The van der Waals surface area contributed by atoms with Gasteiger partial charge in [0.2, 0.25) is 11.8 Å². The van der Waals surface area contributed by atoms with Gasteiger partial charge in [-0.3, -0.25) is 9.59 Å². The molecule has 0 unspecified atom stereocenters. The van der Waals surface area contributed by atoms with Crippen molar-refractivity contribution in [3.8, 4) is 11.3 Å². The lowest BCUT2D eigenvalue weighted by atomic mass is 10.2. The summed E-state index contributed by atoms with van der Waals surface area (Å²) in [6.45, 7) is 1.71. The molecule has 2 amide bonds. The molecular weight excluding hydrogens is 304 g/mol. The van der Waals surface area contributed by atoms with Crippen molar-refractivity contribution >= 4 is 11.8 Å². The zero-order chi connectivity index (χ0) is 16.8. The van der Waals surface area contributed by atoms with Crippen molar-refractivity contribution in [3.63, 3.8) is 0 Å². The van der Waals surface area contributed by atoms with E-state index in [1.165, 1.54) is 0 Å². The van der Waals surface area contributed by atoms with E-state index in [1.807, 2.05) is 42.5 Å².